The van der Waals surface area contributed by atoms with Crippen molar-refractivity contribution in [3.8, 4) is 0 Å². The zero-order chi connectivity index (χ0) is 25.5. The van der Waals surface area contributed by atoms with Crippen LogP contribution in [0.1, 0.15) is 55.9 Å². The zero-order valence-electron chi connectivity index (χ0n) is 20.8. The van der Waals surface area contributed by atoms with Crippen LogP contribution in [0.2, 0.25) is 0 Å². The number of hydrogen-bond acceptors (Lipinski definition) is 6. The summed E-state index contributed by atoms with van der Waals surface area (Å²) in [6.07, 6.45) is 3.77. The Hall–Kier alpha value is -2.27. The first-order valence-corrected chi connectivity index (χ1v) is 14.1. The number of nitrogens with one attached hydrogen (secondary N) is 1. The van der Waals surface area contributed by atoms with Crippen LogP contribution < -0.4 is 10.9 Å². The van der Waals surface area contributed by atoms with E-state index < -0.39 is 16.1 Å². The number of nitrogens with zero attached hydrogens (tertiary/aromatic N) is 3. The standard InChI is InChI=1S/C25H36N4O5S/c1-16(2)29-23-8-6-5-7-17(23)11-22(25(29)32)24(31)26-18-12-19-9-10-20(13-18)28(19)15-21(30)14-27(3)35(4,33)34/h5-8,11,16,18-21,30H,9-10,12-15H2,1-4H3,(H,26,31)/t18-,19-,20+,21-/m0/s1. The maximum Gasteiger partial charge on any atom is 0.264 e. The largest absolute Gasteiger partial charge is 0.390 e. The average molecular weight is 505 g/mol. The molecule has 1 aromatic heterocycles. The van der Waals surface area contributed by atoms with Crippen molar-refractivity contribution in [1.82, 2.24) is 19.1 Å². The van der Waals surface area contributed by atoms with E-state index in [9.17, 15) is 23.1 Å². The van der Waals surface area contributed by atoms with Crippen LogP contribution in [0.4, 0.5) is 0 Å². The highest BCUT2D eigenvalue weighted by molar-refractivity contribution is 7.88. The minimum absolute atomic E-state index is 0.0505. The number of fused-ring (bicyclic) bond motifs is 3. The molecule has 2 bridgehead atoms. The van der Waals surface area contributed by atoms with Gasteiger partial charge in [0.1, 0.15) is 5.56 Å². The number of likely N-dealkylation sites (N-methyl/N-ethyl adjacent to an activating group) is 1. The van der Waals surface area contributed by atoms with E-state index in [1.807, 2.05) is 38.1 Å². The van der Waals surface area contributed by atoms with Gasteiger partial charge in [0.25, 0.3) is 11.5 Å². The second kappa shape index (κ2) is 10.0. The molecule has 0 saturated carbocycles. The number of sulfonamides is 1. The molecule has 2 aromatic rings. The van der Waals surface area contributed by atoms with Crippen LogP contribution in [0.5, 0.6) is 0 Å². The minimum atomic E-state index is -3.34. The topological polar surface area (TPSA) is 112 Å². The fraction of sp³-hybridized carbons (Fsp3) is 0.600. The van der Waals surface area contributed by atoms with Crippen LogP contribution in [-0.2, 0) is 10.0 Å². The predicted octanol–water partition coefficient (Wildman–Crippen LogP) is 1.56. The van der Waals surface area contributed by atoms with E-state index in [1.54, 1.807) is 10.6 Å². The predicted molar refractivity (Wildman–Crippen MR) is 136 cm³/mol. The summed E-state index contributed by atoms with van der Waals surface area (Å²) in [4.78, 5) is 28.7. The quantitative estimate of drug-likeness (QED) is 0.564. The average Bonchev–Trinajstić information content (AvgIpc) is 2.99. The SMILES string of the molecule is CC(C)n1c(=O)c(C(=O)N[C@@H]2C[C@H]3CC[C@@H](C2)N3C[C@@H](O)CN(C)S(C)(=O)=O)cc2ccccc21. The monoisotopic (exact) mass is 504 g/mol. The molecule has 1 amide bonds. The molecule has 2 saturated heterocycles. The van der Waals surface area contributed by atoms with Gasteiger partial charge in [0.2, 0.25) is 10.0 Å². The molecule has 2 aliphatic rings. The van der Waals surface area contributed by atoms with Crippen molar-refractivity contribution in [2.45, 2.75) is 69.8 Å². The van der Waals surface area contributed by atoms with E-state index in [-0.39, 0.29) is 47.7 Å². The van der Waals surface area contributed by atoms with Crippen molar-refractivity contribution in [2.24, 2.45) is 0 Å². The smallest absolute Gasteiger partial charge is 0.264 e. The summed E-state index contributed by atoms with van der Waals surface area (Å²) < 4.78 is 26.1. The van der Waals surface area contributed by atoms with E-state index in [2.05, 4.69) is 10.2 Å². The number of aliphatic hydroxyl groups is 1. The Balaban J connectivity index is 1.44. The number of amides is 1. The van der Waals surface area contributed by atoms with Gasteiger partial charge < -0.3 is 15.0 Å². The third-order valence-corrected chi connectivity index (χ3v) is 8.66. The van der Waals surface area contributed by atoms with Crippen molar-refractivity contribution in [1.29, 1.82) is 0 Å². The molecule has 3 heterocycles. The minimum Gasteiger partial charge on any atom is -0.390 e. The summed E-state index contributed by atoms with van der Waals surface area (Å²) in [5.74, 6) is -0.345. The van der Waals surface area contributed by atoms with Gasteiger partial charge in [-0.1, -0.05) is 18.2 Å². The van der Waals surface area contributed by atoms with Crippen molar-refractivity contribution < 1.29 is 18.3 Å². The first-order chi connectivity index (χ1) is 16.5. The summed E-state index contributed by atoms with van der Waals surface area (Å²) in [5.41, 5.74) is 0.691. The third-order valence-electron chi connectivity index (χ3n) is 7.38. The van der Waals surface area contributed by atoms with Gasteiger partial charge in [-0.15, -0.1) is 0 Å². The summed E-state index contributed by atoms with van der Waals surface area (Å²) in [7, 11) is -1.88. The van der Waals surface area contributed by atoms with Crippen LogP contribution in [0.15, 0.2) is 35.1 Å². The van der Waals surface area contributed by atoms with E-state index in [0.717, 1.165) is 42.8 Å². The molecule has 35 heavy (non-hydrogen) atoms. The molecule has 4 rings (SSSR count). The van der Waals surface area contributed by atoms with Gasteiger partial charge in [-0.05, 0) is 57.0 Å². The van der Waals surface area contributed by atoms with Crippen molar-refractivity contribution in [3.05, 3.63) is 46.2 Å². The van der Waals surface area contributed by atoms with E-state index >= 15 is 0 Å². The highest BCUT2D eigenvalue weighted by atomic mass is 32.2. The molecule has 1 aromatic carbocycles. The number of aliphatic hydroxyl groups excluding tert-OH is 1. The molecule has 0 spiro atoms. The lowest BCUT2D eigenvalue weighted by Crippen LogP contribution is -2.53. The van der Waals surface area contributed by atoms with E-state index in [1.165, 1.54) is 11.4 Å². The Labute approximate surface area is 206 Å². The van der Waals surface area contributed by atoms with Gasteiger partial charge in [-0.25, -0.2) is 12.7 Å². The van der Waals surface area contributed by atoms with Crippen molar-refractivity contribution in [2.75, 3.05) is 26.4 Å². The molecular weight excluding hydrogens is 468 g/mol. The Kier molecular flexibility index (Phi) is 7.38. The number of rotatable bonds is 8. The lowest BCUT2D eigenvalue weighted by atomic mass is 9.96. The number of hydrogen-bond donors (Lipinski definition) is 2. The highest BCUT2D eigenvalue weighted by Gasteiger charge is 2.42. The van der Waals surface area contributed by atoms with Crippen LogP contribution in [-0.4, -0.2) is 83.8 Å². The number of carbonyl (C=O) groups excluding carboxylic acids is 1. The van der Waals surface area contributed by atoms with Crippen LogP contribution in [0.25, 0.3) is 10.9 Å². The molecule has 0 radical (unpaired) electrons. The zero-order valence-corrected chi connectivity index (χ0v) is 21.7. The normalized spacial score (nSPS) is 23.8. The van der Waals surface area contributed by atoms with Gasteiger partial charge >= 0.3 is 0 Å². The van der Waals surface area contributed by atoms with Crippen molar-refractivity contribution >= 4 is 26.8 Å². The molecule has 10 heteroatoms. The first-order valence-electron chi connectivity index (χ1n) is 12.3. The second-order valence-electron chi connectivity index (χ2n) is 10.3. The van der Waals surface area contributed by atoms with Gasteiger partial charge in [0.05, 0.1) is 17.9 Å². The van der Waals surface area contributed by atoms with E-state index in [0.29, 0.717) is 6.54 Å². The van der Waals surface area contributed by atoms with Crippen LogP contribution >= 0.6 is 0 Å². The molecule has 192 valence electrons. The lowest BCUT2D eigenvalue weighted by Gasteiger charge is -2.40. The molecule has 0 unspecified atom stereocenters. The Bertz CT molecular complexity index is 1240. The molecule has 0 aliphatic carbocycles. The number of benzene rings is 1. The lowest BCUT2D eigenvalue weighted by molar-refractivity contribution is 0.0448. The number of piperidine rings is 1. The summed E-state index contributed by atoms with van der Waals surface area (Å²) in [5, 5.41) is 14.5. The van der Waals surface area contributed by atoms with Crippen LogP contribution in [0, 0.1) is 0 Å². The second-order valence-corrected chi connectivity index (χ2v) is 12.4. The number of carbonyl (C=O) groups is 1. The fourth-order valence-corrected chi connectivity index (χ4v) is 6.09. The summed E-state index contributed by atoms with van der Waals surface area (Å²) >= 11 is 0. The van der Waals surface area contributed by atoms with Crippen molar-refractivity contribution in [3.63, 3.8) is 0 Å². The Morgan fingerprint density at radius 3 is 2.43 bits per heavy atom. The van der Waals surface area contributed by atoms with Crippen LogP contribution in [0.3, 0.4) is 0 Å². The number of aromatic nitrogens is 1. The maximum absolute atomic E-state index is 13.2. The van der Waals surface area contributed by atoms with Gasteiger partial charge in [-0.2, -0.15) is 0 Å². The summed E-state index contributed by atoms with van der Waals surface area (Å²) in [6.45, 7) is 4.33. The van der Waals surface area contributed by atoms with Gasteiger partial charge in [-0.3, -0.25) is 14.5 Å². The number of pyridine rings is 1. The molecular formula is C25H36N4O5S. The third kappa shape index (κ3) is 5.45. The highest BCUT2D eigenvalue weighted by Crippen LogP contribution is 2.36. The molecule has 9 nitrogen and oxygen atoms in total. The first kappa shape index (κ1) is 25.8. The van der Waals surface area contributed by atoms with Gasteiger partial charge in [0, 0.05) is 44.3 Å². The molecule has 4 atom stereocenters. The summed E-state index contributed by atoms with van der Waals surface area (Å²) in [6, 6.07) is 9.57. The Morgan fingerprint density at radius 1 is 1.20 bits per heavy atom. The van der Waals surface area contributed by atoms with Gasteiger partial charge in [0.15, 0.2) is 0 Å². The maximum atomic E-state index is 13.2. The fourth-order valence-electron chi connectivity index (χ4n) is 5.65. The van der Waals surface area contributed by atoms with E-state index in [4.69, 9.17) is 0 Å². The molecule has 2 N–H and O–H groups in total. The Morgan fingerprint density at radius 2 is 1.83 bits per heavy atom. The number of para-hydroxylation sites is 1. The molecule has 2 fully saturated rings. The molecule has 2 aliphatic heterocycles.